The van der Waals surface area contributed by atoms with E-state index in [-0.39, 0.29) is 0 Å². The molecule has 0 fully saturated rings. The molecule has 0 bridgehead atoms. The molecule has 0 aliphatic rings. The Morgan fingerprint density at radius 1 is 1.00 bits per heavy atom. The van der Waals surface area contributed by atoms with Gasteiger partial charge in [0, 0.05) is 11.8 Å². The van der Waals surface area contributed by atoms with E-state index in [1.54, 1.807) is 4.52 Å². The summed E-state index contributed by atoms with van der Waals surface area (Å²) in [5.74, 6) is 0. The van der Waals surface area contributed by atoms with Gasteiger partial charge in [-0.1, -0.05) is 36.4 Å². The van der Waals surface area contributed by atoms with Gasteiger partial charge in [0.05, 0.1) is 11.1 Å². The molecule has 2 heterocycles. The van der Waals surface area contributed by atoms with Crippen molar-refractivity contribution in [2.24, 2.45) is 0 Å². The van der Waals surface area contributed by atoms with Gasteiger partial charge in [0.1, 0.15) is 5.69 Å². The van der Waals surface area contributed by atoms with Gasteiger partial charge in [0.25, 0.3) is 0 Å². The summed E-state index contributed by atoms with van der Waals surface area (Å²) in [5.41, 5.74) is 3.16. The van der Waals surface area contributed by atoms with Gasteiger partial charge in [-0.15, -0.1) is 0 Å². The van der Waals surface area contributed by atoms with E-state index < -0.39 is 0 Å². The normalized spacial score (nSPS) is 10.6. The molecule has 0 spiro atoms. The average Bonchev–Trinajstić information content (AvgIpc) is 2.78. The van der Waals surface area contributed by atoms with Crippen LogP contribution in [0.15, 0.2) is 54.7 Å². The lowest BCUT2D eigenvalue weighted by Gasteiger charge is -1.95. The summed E-state index contributed by atoms with van der Waals surface area (Å²) in [5, 5.41) is 4.44. The van der Waals surface area contributed by atoms with Crippen LogP contribution in [0.1, 0.15) is 10.4 Å². The first-order valence-electron chi connectivity index (χ1n) is 5.38. The zero-order chi connectivity index (χ0) is 11.7. The van der Waals surface area contributed by atoms with Crippen molar-refractivity contribution in [3.8, 4) is 11.3 Å². The van der Waals surface area contributed by atoms with E-state index in [1.165, 1.54) is 0 Å². The highest BCUT2D eigenvalue weighted by atomic mass is 16.1. The Kier molecular flexibility index (Phi) is 2.22. The predicted molar refractivity (Wildman–Crippen MR) is 66.0 cm³/mol. The van der Waals surface area contributed by atoms with Crippen LogP contribution in [-0.2, 0) is 0 Å². The quantitative estimate of drug-likeness (QED) is 0.625. The molecule has 0 aliphatic carbocycles. The fraction of sp³-hybridized carbons (Fsp3) is 0. The standard InChI is InChI=1S/C14H10N2O/c17-10-12-13-8-4-5-9-16(13)15-14(12)11-6-2-1-3-7-11/h1-10H. The summed E-state index contributed by atoms with van der Waals surface area (Å²) in [7, 11) is 0. The highest BCUT2D eigenvalue weighted by molar-refractivity contribution is 5.94. The lowest BCUT2D eigenvalue weighted by Crippen LogP contribution is -1.84. The van der Waals surface area contributed by atoms with E-state index >= 15 is 0 Å². The summed E-state index contributed by atoms with van der Waals surface area (Å²) < 4.78 is 1.73. The number of hydrogen-bond acceptors (Lipinski definition) is 2. The van der Waals surface area contributed by atoms with E-state index in [4.69, 9.17) is 0 Å². The van der Waals surface area contributed by atoms with Crippen LogP contribution in [-0.4, -0.2) is 15.9 Å². The minimum absolute atomic E-state index is 0.636. The molecule has 0 amide bonds. The molecule has 0 N–H and O–H groups in total. The fourth-order valence-electron chi connectivity index (χ4n) is 1.94. The fourth-order valence-corrected chi connectivity index (χ4v) is 1.94. The lowest BCUT2D eigenvalue weighted by molar-refractivity contribution is 0.112. The van der Waals surface area contributed by atoms with Crippen molar-refractivity contribution in [1.82, 2.24) is 9.61 Å². The number of aldehydes is 1. The van der Waals surface area contributed by atoms with Crippen molar-refractivity contribution in [3.63, 3.8) is 0 Å². The van der Waals surface area contributed by atoms with Crippen LogP contribution in [0.5, 0.6) is 0 Å². The van der Waals surface area contributed by atoms with Gasteiger partial charge in [-0.25, -0.2) is 4.52 Å². The van der Waals surface area contributed by atoms with Crippen LogP contribution in [0, 0.1) is 0 Å². The zero-order valence-electron chi connectivity index (χ0n) is 9.08. The van der Waals surface area contributed by atoms with Crippen molar-refractivity contribution in [2.75, 3.05) is 0 Å². The second-order valence-corrected chi connectivity index (χ2v) is 3.78. The number of pyridine rings is 1. The summed E-state index contributed by atoms with van der Waals surface area (Å²) in [6.07, 6.45) is 2.71. The molecule has 0 saturated heterocycles. The molecule has 0 radical (unpaired) electrons. The Bertz CT molecular complexity index is 671. The van der Waals surface area contributed by atoms with Crippen molar-refractivity contribution in [2.45, 2.75) is 0 Å². The molecule has 3 rings (SSSR count). The molecule has 1 aromatic carbocycles. The molecule has 2 aromatic heterocycles. The molecule has 0 atom stereocenters. The summed E-state index contributed by atoms with van der Waals surface area (Å²) in [6, 6.07) is 15.4. The minimum atomic E-state index is 0.636. The second-order valence-electron chi connectivity index (χ2n) is 3.78. The first kappa shape index (κ1) is 9.78. The molecule has 17 heavy (non-hydrogen) atoms. The predicted octanol–water partition coefficient (Wildman–Crippen LogP) is 2.81. The van der Waals surface area contributed by atoms with Crippen LogP contribution in [0.3, 0.4) is 0 Å². The van der Waals surface area contributed by atoms with Crippen LogP contribution in [0.25, 0.3) is 16.8 Å². The Morgan fingerprint density at radius 2 is 1.76 bits per heavy atom. The molecule has 3 heteroatoms. The molecule has 0 unspecified atom stereocenters. The SMILES string of the molecule is O=Cc1c(-c2ccccc2)nn2ccccc12. The maximum Gasteiger partial charge on any atom is 0.154 e. The number of rotatable bonds is 2. The third-order valence-corrected chi connectivity index (χ3v) is 2.74. The smallest absolute Gasteiger partial charge is 0.154 e. The maximum atomic E-state index is 11.2. The molecular formula is C14H10N2O. The van der Waals surface area contributed by atoms with Crippen molar-refractivity contribution >= 4 is 11.8 Å². The Labute approximate surface area is 98.3 Å². The van der Waals surface area contributed by atoms with Gasteiger partial charge in [-0.3, -0.25) is 4.79 Å². The Balaban J connectivity index is 2.33. The topological polar surface area (TPSA) is 34.4 Å². The van der Waals surface area contributed by atoms with E-state index in [0.29, 0.717) is 5.56 Å². The summed E-state index contributed by atoms with van der Waals surface area (Å²) in [6.45, 7) is 0. The van der Waals surface area contributed by atoms with Gasteiger partial charge in [0.15, 0.2) is 6.29 Å². The first-order chi connectivity index (χ1) is 8.40. The molecule has 0 saturated carbocycles. The van der Waals surface area contributed by atoms with Gasteiger partial charge in [-0.05, 0) is 12.1 Å². The summed E-state index contributed by atoms with van der Waals surface area (Å²) in [4.78, 5) is 11.2. The van der Waals surface area contributed by atoms with Gasteiger partial charge in [-0.2, -0.15) is 5.10 Å². The molecular weight excluding hydrogens is 212 g/mol. The van der Waals surface area contributed by atoms with E-state index in [0.717, 1.165) is 23.1 Å². The third kappa shape index (κ3) is 1.52. The number of aromatic nitrogens is 2. The van der Waals surface area contributed by atoms with E-state index in [2.05, 4.69) is 5.10 Å². The lowest BCUT2D eigenvalue weighted by atomic mass is 10.1. The maximum absolute atomic E-state index is 11.2. The van der Waals surface area contributed by atoms with Crippen LogP contribution in [0.4, 0.5) is 0 Å². The van der Waals surface area contributed by atoms with Gasteiger partial charge < -0.3 is 0 Å². The van der Waals surface area contributed by atoms with Gasteiger partial charge in [0.2, 0.25) is 0 Å². The number of carbonyl (C=O) groups is 1. The molecule has 82 valence electrons. The van der Waals surface area contributed by atoms with Gasteiger partial charge >= 0.3 is 0 Å². The Hall–Kier alpha value is -2.42. The molecule has 3 nitrogen and oxygen atoms in total. The largest absolute Gasteiger partial charge is 0.298 e. The molecule has 3 aromatic rings. The second kappa shape index (κ2) is 3.87. The van der Waals surface area contributed by atoms with Crippen LogP contribution in [0.2, 0.25) is 0 Å². The minimum Gasteiger partial charge on any atom is -0.298 e. The number of carbonyl (C=O) groups excluding carboxylic acids is 1. The monoisotopic (exact) mass is 222 g/mol. The Morgan fingerprint density at radius 3 is 2.53 bits per heavy atom. The number of benzene rings is 1. The number of nitrogens with zero attached hydrogens (tertiary/aromatic N) is 2. The van der Waals surface area contributed by atoms with E-state index in [1.807, 2.05) is 54.7 Å². The van der Waals surface area contributed by atoms with Crippen molar-refractivity contribution in [3.05, 3.63) is 60.3 Å². The third-order valence-electron chi connectivity index (χ3n) is 2.74. The zero-order valence-corrected chi connectivity index (χ0v) is 9.08. The number of hydrogen-bond donors (Lipinski definition) is 0. The first-order valence-corrected chi connectivity index (χ1v) is 5.38. The highest BCUT2D eigenvalue weighted by Crippen LogP contribution is 2.24. The summed E-state index contributed by atoms with van der Waals surface area (Å²) >= 11 is 0. The van der Waals surface area contributed by atoms with Crippen LogP contribution >= 0.6 is 0 Å². The molecule has 0 aliphatic heterocycles. The average molecular weight is 222 g/mol. The highest BCUT2D eigenvalue weighted by Gasteiger charge is 2.12. The number of fused-ring (bicyclic) bond motifs is 1. The van der Waals surface area contributed by atoms with E-state index in [9.17, 15) is 4.79 Å². The van der Waals surface area contributed by atoms with Crippen molar-refractivity contribution in [1.29, 1.82) is 0 Å². The van der Waals surface area contributed by atoms with Crippen molar-refractivity contribution < 1.29 is 4.79 Å². The van der Waals surface area contributed by atoms with Crippen LogP contribution < -0.4 is 0 Å².